The minimum Gasteiger partial charge on any atom is -0.349 e. The van der Waals surface area contributed by atoms with Gasteiger partial charge >= 0.3 is 0 Å². The molecule has 0 spiro atoms. The molecule has 1 saturated carbocycles. The van der Waals surface area contributed by atoms with Crippen LogP contribution in [0.2, 0.25) is 0 Å². The topological polar surface area (TPSA) is 59.8 Å². The number of rotatable bonds is 7. The number of carbonyl (C=O) groups is 1. The molecule has 7 heteroatoms. The van der Waals surface area contributed by atoms with Crippen molar-refractivity contribution in [2.75, 3.05) is 0 Å². The maximum atomic E-state index is 12.2. The lowest BCUT2D eigenvalue weighted by Gasteiger charge is -2.08. The van der Waals surface area contributed by atoms with Crippen LogP contribution in [-0.4, -0.2) is 26.7 Å². The molecule has 134 valence electrons. The number of thioether (sulfide) groups is 1. The number of nitrogens with zero attached hydrogens (tertiary/aromatic N) is 3. The second-order valence-corrected chi connectivity index (χ2v) is 8.15. The average molecular weight is 385 g/mol. The molecule has 1 aliphatic carbocycles. The van der Waals surface area contributed by atoms with Crippen LogP contribution in [0.3, 0.4) is 0 Å². The highest BCUT2D eigenvalue weighted by Crippen LogP contribution is 2.29. The molecule has 1 fully saturated rings. The molecule has 0 bridgehead atoms. The first-order valence-corrected chi connectivity index (χ1v) is 10.6. The molecule has 0 saturated heterocycles. The summed E-state index contributed by atoms with van der Waals surface area (Å²) in [5.74, 6) is 1.70. The van der Waals surface area contributed by atoms with Crippen LogP contribution in [0.4, 0.5) is 0 Å². The van der Waals surface area contributed by atoms with Crippen LogP contribution in [0, 0.1) is 0 Å². The minimum absolute atomic E-state index is 0.0241. The predicted octanol–water partition coefficient (Wildman–Crippen LogP) is 4.21. The first-order chi connectivity index (χ1) is 12.7. The highest BCUT2D eigenvalue weighted by atomic mass is 32.2. The Hall–Kier alpha value is -2.12. The quantitative estimate of drug-likeness (QED) is 0.620. The standard InChI is InChI=1S/C19H20N4OS2/c1-2-23-17(16-7-4-10-25-16)21-22-19(23)26-12-13-5-3-6-14(11-13)18(24)20-15-8-9-15/h3-7,10-11,15H,2,8-9,12H2,1H3,(H,20,24). The van der Waals surface area contributed by atoms with Gasteiger partial charge in [-0.1, -0.05) is 30.0 Å². The maximum Gasteiger partial charge on any atom is 0.251 e. The summed E-state index contributed by atoms with van der Waals surface area (Å²) in [6.07, 6.45) is 2.20. The summed E-state index contributed by atoms with van der Waals surface area (Å²) in [5.41, 5.74) is 1.84. The Morgan fingerprint density at radius 2 is 2.19 bits per heavy atom. The van der Waals surface area contributed by atoms with E-state index in [1.165, 1.54) is 0 Å². The van der Waals surface area contributed by atoms with Gasteiger partial charge in [0, 0.05) is 23.9 Å². The summed E-state index contributed by atoms with van der Waals surface area (Å²) in [5, 5.41) is 14.7. The number of benzene rings is 1. The van der Waals surface area contributed by atoms with Crippen molar-refractivity contribution in [1.29, 1.82) is 0 Å². The molecule has 2 heterocycles. The number of aromatic nitrogens is 3. The number of nitrogens with one attached hydrogen (secondary N) is 1. The van der Waals surface area contributed by atoms with Crippen LogP contribution in [0.1, 0.15) is 35.7 Å². The first kappa shape index (κ1) is 17.3. The number of amides is 1. The second-order valence-electron chi connectivity index (χ2n) is 6.26. The molecule has 3 aromatic rings. The van der Waals surface area contributed by atoms with E-state index in [0.717, 1.165) is 52.1 Å². The third-order valence-corrected chi connectivity index (χ3v) is 6.15. The van der Waals surface area contributed by atoms with Gasteiger partial charge in [0.1, 0.15) is 0 Å². The number of hydrogen-bond donors (Lipinski definition) is 1. The van der Waals surface area contributed by atoms with Gasteiger partial charge in [-0.15, -0.1) is 21.5 Å². The van der Waals surface area contributed by atoms with E-state index in [1.54, 1.807) is 23.1 Å². The van der Waals surface area contributed by atoms with E-state index in [9.17, 15) is 4.79 Å². The molecule has 1 amide bonds. The summed E-state index contributed by atoms with van der Waals surface area (Å²) >= 11 is 3.32. The highest BCUT2D eigenvalue weighted by Gasteiger charge is 2.23. The van der Waals surface area contributed by atoms with Crippen LogP contribution in [0.5, 0.6) is 0 Å². The average Bonchev–Trinajstić information content (AvgIpc) is 3.16. The van der Waals surface area contributed by atoms with Gasteiger partial charge in [0.2, 0.25) is 0 Å². The number of carbonyl (C=O) groups excluding carboxylic acids is 1. The Bertz CT molecular complexity index is 900. The van der Waals surface area contributed by atoms with Gasteiger partial charge in [0.05, 0.1) is 4.88 Å². The SMILES string of the molecule is CCn1c(SCc2cccc(C(=O)NC3CC3)c2)nnc1-c1cccs1. The molecule has 0 aliphatic heterocycles. The zero-order valence-corrected chi connectivity index (χ0v) is 16.1. The molecule has 1 N–H and O–H groups in total. The lowest BCUT2D eigenvalue weighted by atomic mass is 10.1. The van der Waals surface area contributed by atoms with Crippen molar-refractivity contribution in [3.8, 4) is 10.7 Å². The molecule has 1 aromatic carbocycles. The molecule has 2 aromatic heterocycles. The molecule has 1 aliphatic rings. The fraction of sp³-hybridized carbons (Fsp3) is 0.316. The van der Waals surface area contributed by atoms with E-state index >= 15 is 0 Å². The van der Waals surface area contributed by atoms with E-state index in [1.807, 2.05) is 30.3 Å². The third-order valence-electron chi connectivity index (χ3n) is 4.24. The van der Waals surface area contributed by atoms with Crippen molar-refractivity contribution in [1.82, 2.24) is 20.1 Å². The monoisotopic (exact) mass is 384 g/mol. The van der Waals surface area contributed by atoms with Gasteiger partial charge in [-0.3, -0.25) is 4.79 Å². The van der Waals surface area contributed by atoms with E-state index in [4.69, 9.17) is 0 Å². The summed E-state index contributed by atoms with van der Waals surface area (Å²) in [7, 11) is 0. The predicted molar refractivity (Wildman–Crippen MR) is 106 cm³/mol. The molecular weight excluding hydrogens is 364 g/mol. The van der Waals surface area contributed by atoms with Crippen molar-refractivity contribution in [3.05, 3.63) is 52.9 Å². The van der Waals surface area contributed by atoms with Gasteiger partial charge in [-0.05, 0) is 48.9 Å². The molecular formula is C19H20N4OS2. The molecule has 0 radical (unpaired) electrons. The van der Waals surface area contributed by atoms with E-state index in [0.29, 0.717) is 6.04 Å². The minimum atomic E-state index is 0.0241. The summed E-state index contributed by atoms with van der Waals surface area (Å²) in [6.45, 7) is 2.93. The van der Waals surface area contributed by atoms with Crippen LogP contribution in [-0.2, 0) is 12.3 Å². The highest BCUT2D eigenvalue weighted by molar-refractivity contribution is 7.98. The lowest BCUT2D eigenvalue weighted by molar-refractivity contribution is 0.0951. The van der Waals surface area contributed by atoms with Crippen LogP contribution in [0.25, 0.3) is 10.7 Å². The van der Waals surface area contributed by atoms with Gasteiger partial charge < -0.3 is 9.88 Å². The molecule has 26 heavy (non-hydrogen) atoms. The van der Waals surface area contributed by atoms with Gasteiger partial charge in [0.25, 0.3) is 5.91 Å². The van der Waals surface area contributed by atoms with Crippen LogP contribution >= 0.6 is 23.1 Å². The fourth-order valence-electron chi connectivity index (χ4n) is 2.72. The van der Waals surface area contributed by atoms with Crippen molar-refractivity contribution < 1.29 is 4.79 Å². The van der Waals surface area contributed by atoms with E-state index < -0.39 is 0 Å². The molecule has 0 atom stereocenters. The Morgan fingerprint density at radius 3 is 2.92 bits per heavy atom. The maximum absolute atomic E-state index is 12.2. The Balaban J connectivity index is 1.46. The molecule has 0 unspecified atom stereocenters. The van der Waals surface area contributed by atoms with Gasteiger partial charge in [-0.2, -0.15) is 0 Å². The molecule has 4 rings (SSSR count). The van der Waals surface area contributed by atoms with Gasteiger partial charge in [0.15, 0.2) is 11.0 Å². The number of thiophene rings is 1. The smallest absolute Gasteiger partial charge is 0.251 e. The Kier molecular flexibility index (Phi) is 5.08. The van der Waals surface area contributed by atoms with E-state index in [-0.39, 0.29) is 5.91 Å². The van der Waals surface area contributed by atoms with Gasteiger partial charge in [-0.25, -0.2) is 0 Å². The van der Waals surface area contributed by atoms with Crippen molar-refractivity contribution in [3.63, 3.8) is 0 Å². The zero-order chi connectivity index (χ0) is 17.9. The second kappa shape index (κ2) is 7.63. The summed E-state index contributed by atoms with van der Waals surface area (Å²) < 4.78 is 2.14. The normalized spacial score (nSPS) is 13.7. The van der Waals surface area contributed by atoms with Crippen molar-refractivity contribution in [2.24, 2.45) is 0 Å². The van der Waals surface area contributed by atoms with Crippen molar-refractivity contribution in [2.45, 2.75) is 43.3 Å². The fourth-order valence-corrected chi connectivity index (χ4v) is 4.38. The van der Waals surface area contributed by atoms with Crippen LogP contribution in [0.15, 0.2) is 46.9 Å². The third kappa shape index (κ3) is 3.83. The lowest BCUT2D eigenvalue weighted by Crippen LogP contribution is -2.25. The Morgan fingerprint density at radius 1 is 1.31 bits per heavy atom. The zero-order valence-electron chi connectivity index (χ0n) is 14.5. The largest absolute Gasteiger partial charge is 0.349 e. The summed E-state index contributed by atoms with van der Waals surface area (Å²) in [6, 6.07) is 12.3. The van der Waals surface area contributed by atoms with E-state index in [2.05, 4.69) is 38.5 Å². The van der Waals surface area contributed by atoms with Crippen molar-refractivity contribution >= 4 is 29.0 Å². The van der Waals surface area contributed by atoms with Crippen LogP contribution < -0.4 is 5.32 Å². The molecule has 5 nitrogen and oxygen atoms in total. The number of hydrogen-bond acceptors (Lipinski definition) is 5. The first-order valence-electron chi connectivity index (χ1n) is 8.74. The Labute approximate surface area is 160 Å². The summed E-state index contributed by atoms with van der Waals surface area (Å²) in [4.78, 5) is 13.3.